The molecular weight excluding hydrogens is 290 g/mol. The van der Waals surface area contributed by atoms with E-state index in [1.807, 2.05) is 18.2 Å². The number of para-hydroxylation sites is 1. The van der Waals surface area contributed by atoms with E-state index in [9.17, 15) is 4.79 Å². The highest BCUT2D eigenvalue weighted by Crippen LogP contribution is 2.33. The second-order valence-corrected chi connectivity index (χ2v) is 5.64. The van der Waals surface area contributed by atoms with Crippen molar-refractivity contribution < 1.29 is 9.90 Å². The maximum atomic E-state index is 11.2. The zero-order valence-corrected chi connectivity index (χ0v) is 13.0. The Morgan fingerprint density at radius 2 is 1.87 bits per heavy atom. The summed E-state index contributed by atoms with van der Waals surface area (Å²) in [6.07, 6.45) is 0. The quantitative estimate of drug-likeness (QED) is 0.804. The van der Waals surface area contributed by atoms with Gasteiger partial charge in [0.1, 0.15) is 0 Å². The summed E-state index contributed by atoms with van der Waals surface area (Å²) in [7, 11) is 0. The molecule has 0 radical (unpaired) electrons. The molecule has 0 aliphatic carbocycles. The molecule has 5 heteroatoms. The van der Waals surface area contributed by atoms with E-state index < -0.39 is 5.97 Å². The van der Waals surface area contributed by atoms with Gasteiger partial charge in [0.2, 0.25) is 0 Å². The van der Waals surface area contributed by atoms with E-state index in [2.05, 4.69) is 22.3 Å². The van der Waals surface area contributed by atoms with Gasteiger partial charge in [-0.25, -0.2) is 4.79 Å². The molecule has 5 nitrogen and oxygen atoms in total. The number of benzene rings is 2. The number of nitrogens with zero attached hydrogens (tertiary/aromatic N) is 1. The molecule has 120 valence electrons. The molecule has 1 aliphatic rings. The number of hydrogen-bond acceptors (Lipinski definition) is 4. The minimum Gasteiger partial charge on any atom is -0.478 e. The zero-order chi connectivity index (χ0) is 16.2. The van der Waals surface area contributed by atoms with Crippen LogP contribution >= 0.6 is 0 Å². The van der Waals surface area contributed by atoms with Crippen molar-refractivity contribution in [2.45, 2.75) is 6.54 Å². The van der Waals surface area contributed by atoms with Crippen LogP contribution in [0.4, 0.5) is 5.69 Å². The lowest BCUT2D eigenvalue weighted by Crippen LogP contribution is -2.43. The summed E-state index contributed by atoms with van der Waals surface area (Å²) in [5.41, 5.74) is 10.3. The van der Waals surface area contributed by atoms with Crippen molar-refractivity contribution in [2.75, 3.05) is 31.1 Å². The van der Waals surface area contributed by atoms with Crippen molar-refractivity contribution in [1.29, 1.82) is 0 Å². The summed E-state index contributed by atoms with van der Waals surface area (Å²) in [5, 5.41) is 12.5. The summed E-state index contributed by atoms with van der Waals surface area (Å²) in [5.74, 6) is -0.929. The van der Waals surface area contributed by atoms with Gasteiger partial charge in [0.05, 0.1) is 5.56 Å². The van der Waals surface area contributed by atoms with Gasteiger partial charge in [-0.3, -0.25) is 0 Å². The van der Waals surface area contributed by atoms with E-state index in [0.29, 0.717) is 6.54 Å². The predicted molar refractivity (Wildman–Crippen MR) is 91.8 cm³/mol. The molecule has 0 aromatic heterocycles. The third kappa shape index (κ3) is 3.21. The van der Waals surface area contributed by atoms with Gasteiger partial charge in [0, 0.05) is 44.0 Å². The molecule has 3 rings (SSSR count). The first-order chi connectivity index (χ1) is 11.2. The molecule has 1 aliphatic heterocycles. The first-order valence-corrected chi connectivity index (χ1v) is 7.82. The Bertz CT molecular complexity index is 709. The Hall–Kier alpha value is -2.37. The minimum absolute atomic E-state index is 0.272. The summed E-state index contributed by atoms with van der Waals surface area (Å²) < 4.78 is 0. The van der Waals surface area contributed by atoms with Crippen LogP contribution in [0.3, 0.4) is 0 Å². The van der Waals surface area contributed by atoms with Gasteiger partial charge in [-0.15, -0.1) is 0 Å². The Kier molecular flexibility index (Phi) is 4.60. The zero-order valence-electron chi connectivity index (χ0n) is 13.0. The van der Waals surface area contributed by atoms with Crippen LogP contribution in [0.1, 0.15) is 15.9 Å². The summed E-state index contributed by atoms with van der Waals surface area (Å²) >= 11 is 0. The number of aromatic carboxylic acids is 1. The van der Waals surface area contributed by atoms with Crippen LogP contribution in [0.2, 0.25) is 0 Å². The smallest absolute Gasteiger partial charge is 0.335 e. The van der Waals surface area contributed by atoms with Crippen LogP contribution < -0.4 is 16.0 Å². The highest BCUT2D eigenvalue weighted by Gasteiger charge is 2.17. The van der Waals surface area contributed by atoms with E-state index in [1.54, 1.807) is 12.1 Å². The van der Waals surface area contributed by atoms with Gasteiger partial charge in [0.15, 0.2) is 0 Å². The Morgan fingerprint density at radius 1 is 1.13 bits per heavy atom. The topological polar surface area (TPSA) is 78.6 Å². The van der Waals surface area contributed by atoms with Crippen molar-refractivity contribution in [3.05, 3.63) is 53.6 Å². The van der Waals surface area contributed by atoms with Crippen LogP contribution in [0, 0.1) is 0 Å². The van der Waals surface area contributed by atoms with Crippen LogP contribution in [0.5, 0.6) is 0 Å². The number of piperazine rings is 1. The number of nitrogens with one attached hydrogen (secondary N) is 1. The van der Waals surface area contributed by atoms with Crippen molar-refractivity contribution in [1.82, 2.24) is 5.32 Å². The van der Waals surface area contributed by atoms with Gasteiger partial charge in [-0.1, -0.05) is 24.3 Å². The van der Waals surface area contributed by atoms with Crippen molar-refractivity contribution >= 4 is 11.7 Å². The number of hydrogen-bond donors (Lipinski definition) is 3. The number of anilines is 1. The van der Waals surface area contributed by atoms with Gasteiger partial charge in [0.25, 0.3) is 0 Å². The SMILES string of the molecule is NCc1cc(C(=O)O)ccc1-c1ccccc1N1CCNCC1. The van der Waals surface area contributed by atoms with Crippen molar-refractivity contribution in [3.63, 3.8) is 0 Å². The van der Waals surface area contributed by atoms with Crippen LogP contribution in [0.25, 0.3) is 11.1 Å². The summed E-state index contributed by atoms with van der Waals surface area (Å²) in [4.78, 5) is 13.5. The first-order valence-electron chi connectivity index (χ1n) is 7.82. The average molecular weight is 311 g/mol. The molecule has 1 heterocycles. The lowest BCUT2D eigenvalue weighted by atomic mass is 9.95. The molecule has 0 bridgehead atoms. The molecular formula is C18H21N3O2. The first kappa shape index (κ1) is 15.5. The largest absolute Gasteiger partial charge is 0.478 e. The molecule has 1 fully saturated rings. The van der Waals surface area contributed by atoms with E-state index in [1.165, 1.54) is 5.69 Å². The van der Waals surface area contributed by atoms with Gasteiger partial charge >= 0.3 is 5.97 Å². The average Bonchev–Trinajstić information content (AvgIpc) is 2.62. The standard InChI is InChI=1S/C18H21N3O2/c19-12-14-11-13(18(22)23)5-6-15(14)16-3-1-2-4-17(16)21-9-7-20-8-10-21/h1-6,11,20H,7-10,12,19H2,(H,22,23). The maximum absolute atomic E-state index is 11.2. The second kappa shape index (κ2) is 6.81. The molecule has 2 aromatic rings. The van der Waals surface area contributed by atoms with E-state index in [4.69, 9.17) is 10.8 Å². The normalized spacial score (nSPS) is 14.7. The monoisotopic (exact) mass is 311 g/mol. The lowest BCUT2D eigenvalue weighted by Gasteiger charge is -2.31. The van der Waals surface area contributed by atoms with Crippen molar-refractivity contribution in [2.24, 2.45) is 5.73 Å². The summed E-state index contributed by atoms with van der Waals surface area (Å²) in [6, 6.07) is 13.4. The number of rotatable bonds is 4. The van der Waals surface area contributed by atoms with Crippen LogP contribution in [-0.4, -0.2) is 37.3 Å². The second-order valence-electron chi connectivity index (χ2n) is 5.64. The molecule has 2 aromatic carbocycles. The number of nitrogens with two attached hydrogens (primary N) is 1. The highest BCUT2D eigenvalue weighted by atomic mass is 16.4. The molecule has 0 unspecified atom stereocenters. The van der Waals surface area contributed by atoms with Crippen molar-refractivity contribution in [3.8, 4) is 11.1 Å². The number of carboxylic acids is 1. The third-order valence-electron chi connectivity index (χ3n) is 4.22. The fourth-order valence-electron chi connectivity index (χ4n) is 3.04. The lowest BCUT2D eigenvalue weighted by molar-refractivity contribution is 0.0697. The molecule has 0 atom stereocenters. The number of carbonyl (C=O) groups is 1. The van der Waals surface area contributed by atoms with E-state index in [-0.39, 0.29) is 5.56 Å². The Labute approximate surface area is 135 Å². The highest BCUT2D eigenvalue weighted by molar-refractivity contribution is 5.90. The van der Waals surface area contributed by atoms with Gasteiger partial charge in [-0.05, 0) is 29.3 Å². The molecule has 1 saturated heterocycles. The Morgan fingerprint density at radius 3 is 2.57 bits per heavy atom. The molecule has 0 amide bonds. The maximum Gasteiger partial charge on any atom is 0.335 e. The fraction of sp³-hybridized carbons (Fsp3) is 0.278. The van der Waals surface area contributed by atoms with Gasteiger partial charge in [-0.2, -0.15) is 0 Å². The molecule has 0 spiro atoms. The molecule has 0 saturated carbocycles. The molecule has 4 N–H and O–H groups in total. The van der Waals surface area contributed by atoms with E-state index >= 15 is 0 Å². The van der Waals surface area contributed by atoms with Gasteiger partial charge < -0.3 is 21.1 Å². The fourth-order valence-corrected chi connectivity index (χ4v) is 3.04. The minimum atomic E-state index is -0.929. The molecule has 23 heavy (non-hydrogen) atoms. The van der Waals surface area contributed by atoms with Crippen LogP contribution in [-0.2, 0) is 6.54 Å². The summed E-state index contributed by atoms with van der Waals surface area (Å²) in [6.45, 7) is 4.17. The third-order valence-corrected chi connectivity index (χ3v) is 4.22. The predicted octanol–water partition coefficient (Wildman–Crippen LogP) is 1.92. The van der Waals surface area contributed by atoms with E-state index in [0.717, 1.165) is 42.9 Å². The Balaban J connectivity index is 2.06. The number of carboxylic acid groups (broad SMARTS) is 1. The van der Waals surface area contributed by atoms with Crippen LogP contribution in [0.15, 0.2) is 42.5 Å².